The second kappa shape index (κ2) is 5.11. The molecule has 1 atom stereocenters. The maximum atomic E-state index is 6.04. The summed E-state index contributed by atoms with van der Waals surface area (Å²) < 4.78 is 0. The second-order valence-electron chi connectivity index (χ2n) is 4.36. The van der Waals surface area contributed by atoms with Gasteiger partial charge < -0.3 is 5.73 Å². The Morgan fingerprint density at radius 2 is 2.14 bits per heavy atom. The van der Waals surface area contributed by atoms with Gasteiger partial charge in [0.25, 0.3) is 0 Å². The molecular weight excluding hydrogens is 172 g/mol. The Kier molecular flexibility index (Phi) is 4.08. The van der Waals surface area contributed by atoms with E-state index in [1.54, 1.807) is 0 Å². The fourth-order valence-corrected chi connectivity index (χ4v) is 1.67. The van der Waals surface area contributed by atoms with Crippen LogP contribution in [0.3, 0.4) is 0 Å². The maximum Gasteiger partial charge on any atom is 0.0448 e. The van der Waals surface area contributed by atoms with Crippen LogP contribution in [0.4, 0.5) is 0 Å². The molecule has 0 saturated carbocycles. The molecule has 2 nitrogen and oxygen atoms in total. The van der Waals surface area contributed by atoms with Crippen LogP contribution in [0.5, 0.6) is 0 Å². The number of hydrogen-bond acceptors (Lipinski definition) is 2. The van der Waals surface area contributed by atoms with Gasteiger partial charge in [0.1, 0.15) is 0 Å². The lowest BCUT2D eigenvalue weighted by Gasteiger charge is -2.14. The summed E-state index contributed by atoms with van der Waals surface area (Å²) in [5.41, 5.74) is 8.42. The fourth-order valence-electron chi connectivity index (χ4n) is 1.67. The SMILES string of the molecule is Cc1cccnc1CC(N)CC(C)C. The molecule has 0 spiro atoms. The van der Waals surface area contributed by atoms with Crippen molar-refractivity contribution in [2.45, 2.75) is 39.7 Å². The highest BCUT2D eigenvalue weighted by molar-refractivity contribution is 5.18. The van der Waals surface area contributed by atoms with Gasteiger partial charge in [-0.25, -0.2) is 0 Å². The summed E-state index contributed by atoms with van der Waals surface area (Å²) in [5, 5.41) is 0. The molecule has 14 heavy (non-hydrogen) atoms. The Labute approximate surface area is 86.5 Å². The third kappa shape index (κ3) is 3.46. The van der Waals surface area contributed by atoms with Crippen LogP contribution in [0.1, 0.15) is 31.5 Å². The maximum absolute atomic E-state index is 6.04. The van der Waals surface area contributed by atoms with Crippen molar-refractivity contribution in [3.8, 4) is 0 Å². The first-order chi connectivity index (χ1) is 6.59. The van der Waals surface area contributed by atoms with E-state index in [4.69, 9.17) is 5.73 Å². The molecule has 78 valence electrons. The molecule has 1 unspecified atom stereocenters. The molecule has 0 aromatic carbocycles. The summed E-state index contributed by atoms with van der Waals surface area (Å²) in [5.74, 6) is 0.661. The monoisotopic (exact) mass is 192 g/mol. The van der Waals surface area contributed by atoms with Crippen LogP contribution in [0.2, 0.25) is 0 Å². The zero-order chi connectivity index (χ0) is 10.6. The van der Waals surface area contributed by atoms with Gasteiger partial charge in [0.2, 0.25) is 0 Å². The number of nitrogens with zero attached hydrogens (tertiary/aromatic N) is 1. The van der Waals surface area contributed by atoms with E-state index in [1.165, 1.54) is 5.56 Å². The summed E-state index contributed by atoms with van der Waals surface area (Å²) in [6, 6.07) is 4.29. The molecule has 0 radical (unpaired) electrons. The van der Waals surface area contributed by atoms with Crippen LogP contribution >= 0.6 is 0 Å². The Hall–Kier alpha value is -0.890. The van der Waals surface area contributed by atoms with E-state index < -0.39 is 0 Å². The fraction of sp³-hybridized carbons (Fsp3) is 0.583. The largest absolute Gasteiger partial charge is 0.327 e. The summed E-state index contributed by atoms with van der Waals surface area (Å²) in [6.07, 6.45) is 3.80. The zero-order valence-electron chi connectivity index (χ0n) is 9.33. The van der Waals surface area contributed by atoms with Crippen molar-refractivity contribution < 1.29 is 0 Å². The number of hydrogen-bond donors (Lipinski definition) is 1. The molecule has 1 aromatic heterocycles. The van der Waals surface area contributed by atoms with Gasteiger partial charge in [-0.2, -0.15) is 0 Å². The summed E-state index contributed by atoms with van der Waals surface area (Å²) >= 11 is 0. The number of aromatic nitrogens is 1. The third-order valence-corrected chi connectivity index (χ3v) is 2.35. The van der Waals surface area contributed by atoms with Crippen LogP contribution in [0.15, 0.2) is 18.3 Å². The molecule has 2 N–H and O–H groups in total. The number of aryl methyl sites for hydroxylation is 1. The van der Waals surface area contributed by atoms with Gasteiger partial charge in [-0.3, -0.25) is 4.98 Å². The molecule has 2 heteroatoms. The van der Waals surface area contributed by atoms with Crippen molar-refractivity contribution in [3.05, 3.63) is 29.6 Å². The molecule has 1 aromatic rings. The average molecular weight is 192 g/mol. The minimum atomic E-state index is 0.239. The van der Waals surface area contributed by atoms with E-state index in [-0.39, 0.29) is 6.04 Å². The highest BCUT2D eigenvalue weighted by Crippen LogP contribution is 2.10. The highest BCUT2D eigenvalue weighted by atomic mass is 14.7. The molecule has 0 aliphatic carbocycles. The summed E-state index contributed by atoms with van der Waals surface area (Å²) in [6.45, 7) is 6.49. The van der Waals surface area contributed by atoms with Gasteiger partial charge in [0.05, 0.1) is 0 Å². The van der Waals surface area contributed by atoms with Gasteiger partial charge in [0, 0.05) is 24.4 Å². The lowest BCUT2D eigenvalue weighted by molar-refractivity contribution is 0.490. The Morgan fingerprint density at radius 3 is 2.71 bits per heavy atom. The van der Waals surface area contributed by atoms with Gasteiger partial charge in [-0.1, -0.05) is 19.9 Å². The van der Waals surface area contributed by atoms with E-state index >= 15 is 0 Å². The highest BCUT2D eigenvalue weighted by Gasteiger charge is 2.08. The van der Waals surface area contributed by atoms with Crippen molar-refractivity contribution in [3.63, 3.8) is 0 Å². The standard InChI is InChI=1S/C12H20N2/c1-9(2)7-11(13)8-12-10(3)5-4-6-14-12/h4-6,9,11H,7-8,13H2,1-3H3. The van der Waals surface area contributed by atoms with Crippen molar-refractivity contribution in [2.24, 2.45) is 11.7 Å². The van der Waals surface area contributed by atoms with Gasteiger partial charge in [-0.15, -0.1) is 0 Å². The van der Waals surface area contributed by atoms with Crippen molar-refractivity contribution in [1.82, 2.24) is 4.98 Å². The van der Waals surface area contributed by atoms with Crippen LogP contribution in [0.25, 0.3) is 0 Å². The van der Waals surface area contributed by atoms with Crippen LogP contribution in [-0.2, 0) is 6.42 Å². The van der Waals surface area contributed by atoms with Crippen LogP contribution in [0, 0.1) is 12.8 Å². The van der Waals surface area contributed by atoms with E-state index in [0.29, 0.717) is 5.92 Å². The Morgan fingerprint density at radius 1 is 1.43 bits per heavy atom. The molecule has 0 amide bonds. The molecular formula is C12H20N2. The molecule has 0 aliphatic heterocycles. The van der Waals surface area contributed by atoms with Crippen LogP contribution in [-0.4, -0.2) is 11.0 Å². The number of pyridine rings is 1. The minimum Gasteiger partial charge on any atom is -0.327 e. The van der Waals surface area contributed by atoms with E-state index in [0.717, 1.165) is 18.5 Å². The quantitative estimate of drug-likeness (QED) is 0.795. The van der Waals surface area contributed by atoms with E-state index in [2.05, 4.69) is 31.8 Å². The smallest absolute Gasteiger partial charge is 0.0448 e. The predicted molar refractivity (Wildman–Crippen MR) is 60.1 cm³/mol. The molecule has 0 bridgehead atoms. The second-order valence-corrected chi connectivity index (χ2v) is 4.36. The van der Waals surface area contributed by atoms with Crippen molar-refractivity contribution >= 4 is 0 Å². The molecule has 1 rings (SSSR count). The van der Waals surface area contributed by atoms with Gasteiger partial charge >= 0.3 is 0 Å². The summed E-state index contributed by atoms with van der Waals surface area (Å²) in [7, 11) is 0. The first-order valence-corrected chi connectivity index (χ1v) is 5.25. The van der Waals surface area contributed by atoms with Crippen molar-refractivity contribution in [2.75, 3.05) is 0 Å². The Bertz CT molecular complexity index is 281. The van der Waals surface area contributed by atoms with Gasteiger partial charge in [0.15, 0.2) is 0 Å². The lowest BCUT2D eigenvalue weighted by atomic mass is 9.99. The predicted octanol–water partition coefficient (Wildman–Crippen LogP) is 2.31. The molecule has 0 saturated heterocycles. The Balaban J connectivity index is 2.56. The first kappa shape index (κ1) is 11.2. The topological polar surface area (TPSA) is 38.9 Å². The molecule has 0 fully saturated rings. The third-order valence-electron chi connectivity index (χ3n) is 2.35. The normalized spacial score (nSPS) is 13.2. The van der Waals surface area contributed by atoms with Crippen LogP contribution < -0.4 is 5.73 Å². The number of nitrogens with two attached hydrogens (primary N) is 1. The van der Waals surface area contributed by atoms with Crippen molar-refractivity contribution in [1.29, 1.82) is 0 Å². The lowest BCUT2D eigenvalue weighted by Crippen LogP contribution is -2.25. The summed E-state index contributed by atoms with van der Waals surface area (Å²) in [4.78, 5) is 4.35. The van der Waals surface area contributed by atoms with Gasteiger partial charge in [-0.05, 0) is 30.9 Å². The molecule has 0 aliphatic rings. The van der Waals surface area contributed by atoms with E-state index in [1.807, 2.05) is 12.3 Å². The average Bonchev–Trinajstić information content (AvgIpc) is 2.07. The first-order valence-electron chi connectivity index (χ1n) is 5.25. The van der Waals surface area contributed by atoms with E-state index in [9.17, 15) is 0 Å². The molecule has 1 heterocycles. The number of rotatable bonds is 4. The minimum absolute atomic E-state index is 0.239. The zero-order valence-corrected chi connectivity index (χ0v) is 9.33.